The molecule has 1 fully saturated rings. The van der Waals surface area contributed by atoms with Crippen LogP contribution in [0, 0.1) is 6.92 Å². The Morgan fingerprint density at radius 3 is 2.78 bits per heavy atom. The molecule has 0 aromatic carbocycles. The quantitative estimate of drug-likeness (QED) is 0.858. The first-order chi connectivity index (χ1) is 8.69. The normalized spacial score (nSPS) is 17.9. The predicted molar refractivity (Wildman–Crippen MR) is 76.8 cm³/mol. The number of hydrogen-bond acceptors (Lipinski definition) is 4. The van der Waals surface area contributed by atoms with Crippen molar-refractivity contribution < 1.29 is 0 Å². The predicted octanol–water partition coefficient (Wildman–Crippen LogP) is 2.26. The molecular formula is C14H24N4. The van der Waals surface area contributed by atoms with Gasteiger partial charge in [0.05, 0.1) is 5.69 Å². The van der Waals surface area contributed by atoms with E-state index in [2.05, 4.69) is 22.1 Å². The molecule has 2 rings (SSSR count). The van der Waals surface area contributed by atoms with Crippen LogP contribution in [0.5, 0.6) is 0 Å². The van der Waals surface area contributed by atoms with Crippen LogP contribution in [0.25, 0.3) is 0 Å². The molecule has 2 heterocycles. The average Bonchev–Trinajstić information content (AvgIpc) is 2.35. The third-order valence-corrected chi connectivity index (χ3v) is 3.52. The zero-order chi connectivity index (χ0) is 13.0. The maximum absolute atomic E-state index is 5.98. The van der Waals surface area contributed by atoms with E-state index in [0.717, 1.165) is 17.1 Å². The van der Waals surface area contributed by atoms with Gasteiger partial charge in [0.1, 0.15) is 5.82 Å². The van der Waals surface area contributed by atoms with Gasteiger partial charge in [-0.05, 0) is 44.4 Å². The number of nitrogens with one attached hydrogen (secondary N) is 1. The smallest absolute Gasteiger partial charge is 0.149 e. The fraction of sp³-hybridized carbons (Fsp3) is 0.643. The monoisotopic (exact) mass is 248 g/mol. The van der Waals surface area contributed by atoms with Gasteiger partial charge in [0.25, 0.3) is 0 Å². The van der Waals surface area contributed by atoms with Gasteiger partial charge in [-0.3, -0.25) is 0 Å². The summed E-state index contributed by atoms with van der Waals surface area (Å²) in [6.07, 6.45) is 5.46. The molecule has 0 amide bonds. The standard InChI is InChI=1S/C14H24N4/c1-3-6-18-7-4-12(5-8-18)17-14-13(15)9-11(2)10-16-14/h9-10,12H,3-8,15H2,1-2H3,(H,16,17). The fourth-order valence-corrected chi connectivity index (χ4v) is 2.52. The lowest BCUT2D eigenvalue weighted by atomic mass is 10.0. The SMILES string of the molecule is CCCN1CCC(Nc2ncc(C)cc2N)CC1. The topological polar surface area (TPSA) is 54.2 Å². The van der Waals surface area contributed by atoms with E-state index in [9.17, 15) is 0 Å². The summed E-state index contributed by atoms with van der Waals surface area (Å²) in [4.78, 5) is 6.91. The molecule has 0 bridgehead atoms. The highest BCUT2D eigenvalue weighted by atomic mass is 15.1. The summed E-state index contributed by atoms with van der Waals surface area (Å²) < 4.78 is 0. The lowest BCUT2D eigenvalue weighted by Crippen LogP contribution is -2.39. The minimum Gasteiger partial charge on any atom is -0.396 e. The van der Waals surface area contributed by atoms with Crippen molar-refractivity contribution in [3.05, 3.63) is 17.8 Å². The highest BCUT2D eigenvalue weighted by Crippen LogP contribution is 2.20. The van der Waals surface area contributed by atoms with Crippen LogP contribution in [0.3, 0.4) is 0 Å². The third-order valence-electron chi connectivity index (χ3n) is 3.52. The Kier molecular flexibility index (Phi) is 4.42. The van der Waals surface area contributed by atoms with Crippen LogP contribution in [-0.2, 0) is 0 Å². The van der Waals surface area contributed by atoms with Gasteiger partial charge < -0.3 is 16.0 Å². The minimum absolute atomic E-state index is 0.510. The highest BCUT2D eigenvalue weighted by Gasteiger charge is 2.19. The maximum Gasteiger partial charge on any atom is 0.149 e. The van der Waals surface area contributed by atoms with E-state index in [-0.39, 0.29) is 0 Å². The van der Waals surface area contributed by atoms with E-state index in [1.54, 1.807) is 0 Å². The van der Waals surface area contributed by atoms with E-state index in [1.807, 2.05) is 19.2 Å². The van der Waals surface area contributed by atoms with Crippen molar-refractivity contribution in [1.29, 1.82) is 0 Å². The van der Waals surface area contributed by atoms with E-state index in [4.69, 9.17) is 5.73 Å². The number of aromatic nitrogens is 1. The van der Waals surface area contributed by atoms with Gasteiger partial charge in [-0.15, -0.1) is 0 Å². The van der Waals surface area contributed by atoms with Gasteiger partial charge in [0, 0.05) is 25.3 Å². The second kappa shape index (κ2) is 6.05. The zero-order valence-corrected chi connectivity index (χ0v) is 11.4. The molecule has 1 aromatic heterocycles. The fourth-order valence-electron chi connectivity index (χ4n) is 2.52. The molecule has 4 nitrogen and oxygen atoms in total. The lowest BCUT2D eigenvalue weighted by Gasteiger charge is -2.32. The van der Waals surface area contributed by atoms with Crippen LogP contribution in [0.15, 0.2) is 12.3 Å². The number of rotatable bonds is 4. The van der Waals surface area contributed by atoms with Gasteiger partial charge in [-0.2, -0.15) is 0 Å². The van der Waals surface area contributed by atoms with Gasteiger partial charge >= 0.3 is 0 Å². The summed E-state index contributed by atoms with van der Waals surface area (Å²) in [7, 11) is 0. The van der Waals surface area contributed by atoms with E-state index >= 15 is 0 Å². The van der Waals surface area contributed by atoms with Crippen LogP contribution in [-0.4, -0.2) is 35.6 Å². The lowest BCUT2D eigenvalue weighted by molar-refractivity contribution is 0.219. The molecule has 4 heteroatoms. The summed E-state index contributed by atoms with van der Waals surface area (Å²) in [5.74, 6) is 0.842. The molecule has 100 valence electrons. The van der Waals surface area contributed by atoms with Crippen molar-refractivity contribution in [1.82, 2.24) is 9.88 Å². The van der Waals surface area contributed by atoms with E-state index in [0.29, 0.717) is 6.04 Å². The molecule has 0 aliphatic carbocycles. The van der Waals surface area contributed by atoms with Gasteiger partial charge in [-0.1, -0.05) is 6.92 Å². The Hall–Kier alpha value is -1.29. The second-order valence-electron chi connectivity index (χ2n) is 5.21. The number of nitrogens with two attached hydrogens (primary N) is 1. The van der Waals surface area contributed by atoms with Gasteiger partial charge in [-0.25, -0.2) is 4.98 Å². The number of anilines is 2. The first-order valence-corrected chi connectivity index (χ1v) is 6.90. The molecule has 1 aliphatic rings. The first kappa shape index (κ1) is 13.1. The Morgan fingerprint density at radius 1 is 1.44 bits per heavy atom. The number of nitrogen functional groups attached to an aromatic ring is 1. The van der Waals surface area contributed by atoms with Crippen molar-refractivity contribution >= 4 is 11.5 Å². The van der Waals surface area contributed by atoms with E-state index < -0.39 is 0 Å². The average molecular weight is 248 g/mol. The molecule has 0 spiro atoms. The largest absolute Gasteiger partial charge is 0.396 e. The molecule has 0 atom stereocenters. The molecule has 0 unspecified atom stereocenters. The number of piperidine rings is 1. The summed E-state index contributed by atoms with van der Waals surface area (Å²) in [6, 6.07) is 2.48. The molecule has 0 radical (unpaired) electrons. The molecular weight excluding hydrogens is 224 g/mol. The number of nitrogens with zero attached hydrogens (tertiary/aromatic N) is 2. The van der Waals surface area contributed by atoms with Gasteiger partial charge in [0.15, 0.2) is 0 Å². The van der Waals surface area contributed by atoms with Crippen molar-refractivity contribution in [3.8, 4) is 0 Å². The van der Waals surface area contributed by atoms with E-state index in [1.165, 1.54) is 38.9 Å². The van der Waals surface area contributed by atoms with Crippen LogP contribution in [0.4, 0.5) is 11.5 Å². The molecule has 18 heavy (non-hydrogen) atoms. The van der Waals surface area contributed by atoms with Crippen molar-refractivity contribution in [2.45, 2.75) is 39.2 Å². The second-order valence-corrected chi connectivity index (χ2v) is 5.21. The molecule has 1 saturated heterocycles. The molecule has 3 N–H and O–H groups in total. The Morgan fingerprint density at radius 2 is 2.17 bits per heavy atom. The number of aryl methyl sites for hydroxylation is 1. The Bertz CT molecular complexity index is 383. The third kappa shape index (κ3) is 3.35. The van der Waals surface area contributed by atoms with Crippen LogP contribution < -0.4 is 11.1 Å². The first-order valence-electron chi connectivity index (χ1n) is 6.90. The summed E-state index contributed by atoms with van der Waals surface area (Å²) in [6.45, 7) is 7.82. The summed E-state index contributed by atoms with van der Waals surface area (Å²) in [5.41, 5.74) is 7.84. The van der Waals surface area contributed by atoms with Crippen LogP contribution >= 0.6 is 0 Å². The maximum atomic E-state index is 5.98. The minimum atomic E-state index is 0.510. The number of pyridine rings is 1. The zero-order valence-electron chi connectivity index (χ0n) is 11.4. The molecule has 0 saturated carbocycles. The molecule has 1 aromatic rings. The van der Waals surface area contributed by atoms with Crippen LogP contribution in [0.1, 0.15) is 31.7 Å². The summed E-state index contributed by atoms with van der Waals surface area (Å²) in [5, 5.41) is 3.48. The van der Waals surface area contributed by atoms with Crippen LogP contribution in [0.2, 0.25) is 0 Å². The Labute approximate surface area is 110 Å². The summed E-state index contributed by atoms with van der Waals surface area (Å²) >= 11 is 0. The Balaban J connectivity index is 1.87. The number of hydrogen-bond donors (Lipinski definition) is 2. The van der Waals surface area contributed by atoms with Crippen molar-refractivity contribution in [3.63, 3.8) is 0 Å². The highest BCUT2D eigenvalue weighted by molar-refractivity contribution is 5.62. The number of likely N-dealkylation sites (tertiary alicyclic amines) is 1. The molecule has 1 aliphatic heterocycles. The van der Waals surface area contributed by atoms with Gasteiger partial charge in [0.2, 0.25) is 0 Å². The van der Waals surface area contributed by atoms with Crippen molar-refractivity contribution in [2.24, 2.45) is 0 Å². The van der Waals surface area contributed by atoms with Crippen molar-refractivity contribution in [2.75, 3.05) is 30.7 Å².